The van der Waals surface area contributed by atoms with E-state index in [4.69, 9.17) is 0 Å². The molecule has 2 aromatic rings. The molecule has 2 rings (SSSR count). The minimum atomic E-state index is -0.0213. The summed E-state index contributed by atoms with van der Waals surface area (Å²) >= 11 is 1.59. The van der Waals surface area contributed by atoms with Crippen LogP contribution in [0.4, 0.5) is 0 Å². The van der Waals surface area contributed by atoms with E-state index in [-0.39, 0.29) is 11.9 Å². The first-order chi connectivity index (χ1) is 10.2. The third-order valence-corrected chi connectivity index (χ3v) is 4.38. The van der Waals surface area contributed by atoms with Crippen LogP contribution in [-0.4, -0.2) is 12.2 Å². The van der Waals surface area contributed by atoms with E-state index in [0.717, 1.165) is 22.4 Å². The summed E-state index contributed by atoms with van der Waals surface area (Å²) < 4.78 is 0. The van der Waals surface area contributed by atoms with Crippen molar-refractivity contribution in [2.45, 2.75) is 31.2 Å². The van der Waals surface area contributed by atoms with E-state index in [1.807, 2.05) is 37.4 Å². The van der Waals surface area contributed by atoms with Crippen LogP contribution in [0.15, 0.2) is 53.4 Å². The number of nitrogens with one attached hydrogen (secondary N) is 1. The number of amides is 1. The number of carbonyl (C=O) groups is 1. The van der Waals surface area contributed by atoms with Crippen LogP contribution >= 0.6 is 11.8 Å². The predicted molar refractivity (Wildman–Crippen MR) is 89.9 cm³/mol. The number of carbonyl (C=O) groups excluding carboxylic acids is 1. The van der Waals surface area contributed by atoms with Crippen molar-refractivity contribution in [3.8, 4) is 0 Å². The summed E-state index contributed by atoms with van der Waals surface area (Å²) in [5.41, 5.74) is 3.18. The molecule has 1 N–H and O–H groups in total. The van der Waals surface area contributed by atoms with Gasteiger partial charge in [-0.2, -0.15) is 0 Å². The van der Waals surface area contributed by atoms with Crippen molar-refractivity contribution in [3.63, 3.8) is 0 Å². The maximum Gasteiger partial charge on any atom is 0.252 e. The number of hydrogen-bond acceptors (Lipinski definition) is 2. The van der Waals surface area contributed by atoms with Gasteiger partial charge in [0.15, 0.2) is 0 Å². The first-order valence-corrected chi connectivity index (χ1v) is 8.41. The molecule has 0 aromatic heterocycles. The molecular formula is C18H21NOS. The molecular weight excluding hydrogens is 278 g/mol. The van der Waals surface area contributed by atoms with Crippen LogP contribution < -0.4 is 5.32 Å². The highest BCUT2D eigenvalue weighted by Gasteiger charge is 2.14. The summed E-state index contributed by atoms with van der Waals surface area (Å²) in [5, 5.41) is 3.07. The largest absolute Gasteiger partial charge is 0.345 e. The summed E-state index contributed by atoms with van der Waals surface area (Å²) in [6.07, 6.45) is 3.02. The Bertz CT molecular complexity index is 607. The Hall–Kier alpha value is -1.74. The normalized spacial score (nSPS) is 12.0. The van der Waals surface area contributed by atoms with Gasteiger partial charge in [0.2, 0.25) is 0 Å². The van der Waals surface area contributed by atoms with Crippen LogP contribution in [0.5, 0.6) is 0 Å². The molecule has 2 aromatic carbocycles. The molecule has 110 valence electrons. The molecule has 0 saturated carbocycles. The SMILES string of the molecule is CCc1ccc(C(C)NC(=O)c2ccccc2SC)cc1. The van der Waals surface area contributed by atoms with Gasteiger partial charge in [-0.1, -0.05) is 43.3 Å². The molecule has 3 heteroatoms. The second-order valence-electron chi connectivity index (χ2n) is 4.99. The lowest BCUT2D eigenvalue weighted by Gasteiger charge is -2.16. The Kier molecular flexibility index (Phi) is 5.45. The van der Waals surface area contributed by atoms with Crippen molar-refractivity contribution >= 4 is 17.7 Å². The van der Waals surface area contributed by atoms with Gasteiger partial charge in [0.1, 0.15) is 0 Å². The Morgan fingerprint density at radius 2 is 1.81 bits per heavy atom. The fourth-order valence-corrected chi connectivity index (χ4v) is 2.83. The van der Waals surface area contributed by atoms with Crippen LogP contribution in [0.2, 0.25) is 0 Å². The third kappa shape index (κ3) is 3.88. The molecule has 0 saturated heterocycles. The minimum absolute atomic E-state index is 0.00156. The maximum absolute atomic E-state index is 12.4. The van der Waals surface area contributed by atoms with Gasteiger partial charge in [-0.05, 0) is 42.9 Å². The number of hydrogen-bond donors (Lipinski definition) is 1. The average Bonchev–Trinajstić information content (AvgIpc) is 2.54. The van der Waals surface area contributed by atoms with Crippen molar-refractivity contribution in [2.75, 3.05) is 6.26 Å². The molecule has 0 heterocycles. The van der Waals surface area contributed by atoms with E-state index in [9.17, 15) is 4.79 Å². The summed E-state index contributed by atoms with van der Waals surface area (Å²) in [6, 6.07) is 16.1. The fraction of sp³-hybridized carbons (Fsp3) is 0.278. The molecule has 21 heavy (non-hydrogen) atoms. The van der Waals surface area contributed by atoms with Crippen LogP contribution in [0.25, 0.3) is 0 Å². The second-order valence-corrected chi connectivity index (χ2v) is 5.84. The fourth-order valence-electron chi connectivity index (χ4n) is 2.23. The number of thioether (sulfide) groups is 1. The summed E-state index contributed by atoms with van der Waals surface area (Å²) in [7, 11) is 0. The van der Waals surface area contributed by atoms with Crippen LogP contribution in [0, 0.1) is 0 Å². The Morgan fingerprint density at radius 3 is 2.43 bits per heavy atom. The van der Waals surface area contributed by atoms with E-state index >= 15 is 0 Å². The first-order valence-electron chi connectivity index (χ1n) is 7.18. The van der Waals surface area contributed by atoms with E-state index in [2.05, 4.69) is 36.5 Å². The number of rotatable bonds is 5. The highest BCUT2D eigenvalue weighted by atomic mass is 32.2. The van der Waals surface area contributed by atoms with E-state index in [1.54, 1.807) is 11.8 Å². The first kappa shape index (κ1) is 15.6. The zero-order chi connectivity index (χ0) is 15.2. The second kappa shape index (κ2) is 7.32. The molecule has 0 aliphatic heterocycles. The van der Waals surface area contributed by atoms with Crippen LogP contribution in [0.1, 0.15) is 41.4 Å². The van der Waals surface area contributed by atoms with Gasteiger partial charge in [-0.3, -0.25) is 4.79 Å². The van der Waals surface area contributed by atoms with Crippen molar-refractivity contribution in [1.82, 2.24) is 5.32 Å². The average molecular weight is 299 g/mol. The monoisotopic (exact) mass is 299 g/mol. The van der Waals surface area contributed by atoms with Gasteiger partial charge in [0.25, 0.3) is 5.91 Å². The van der Waals surface area contributed by atoms with Crippen LogP contribution in [-0.2, 0) is 6.42 Å². The predicted octanol–water partition coefficient (Wildman–Crippen LogP) is 4.46. The lowest BCUT2D eigenvalue weighted by Crippen LogP contribution is -2.27. The molecule has 0 spiro atoms. The van der Waals surface area contributed by atoms with Gasteiger partial charge in [-0.15, -0.1) is 11.8 Å². The van der Waals surface area contributed by atoms with Gasteiger partial charge in [0.05, 0.1) is 11.6 Å². The Labute approximate surface area is 131 Å². The molecule has 0 aliphatic rings. The standard InChI is InChI=1S/C18H21NOS/c1-4-14-9-11-15(12-10-14)13(2)19-18(20)16-7-5-6-8-17(16)21-3/h5-13H,4H2,1-3H3,(H,19,20). The molecule has 1 atom stereocenters. The highest BCUT2D eigenvalue weighted by Crippen LogP contribution is 2.21. The van der Waals surface area contributed by atoms with E-state index < -0.39 is 0 Å². The zero-order valence-electron chi connectivity index (χ0n) is 12.7. The molecule has 1 unspecified atom stereocenters. The summed E-state index contributed by atoms with van der Waals surface area (Å²) in [6.45, 7) is 4.15. The van der Waals surface area contributed by atoms with Crippen LogP contribution in [0.3, 0.4) is 0 Å². The van der Waals surface area contributed by atoms with E-state index in [1.165, 1.54) is 5.56 Å². The van der Waals surface area contributed by atoms with Gasteiger partial charge < -0.3 is 5.32 Å². The minimum Gasteiger partial charge on any atom is -0.345 e. The van der Waals surface area contributed by atoms with Crippen molar-refractivity contribution in [3.05, 3.63) is 65.2 Å². The lowest BCUT2D eigenvalue weighted by atomic mass is 10.0. The smallest absolute Gasteiger partial charge is 0.252 e. The summed E-state index contributed by atoms with van der Waals surface area (Å²) in [4.78, 5) is 13.4. The Morgan fingerprint density at radius 1 is 1.14 bits per heavy atom. The van der Waals surface area contributed by atoms with Crippen molar-refractivity contribution in [1.29, 1.82) is 0 Å². The summed E-state index contributed by atoms with van der Waals surface area (Å²) in [5.74, 6) is -0.0213. The molecule has 0 fully saturated rings. The van der Waals surface area contributed by atoms with Gasteiger partial charge >= 0.3 is 0 Å². The molecule has 0 aliphatic carbocycles. The quantitative estimate of drug-likeness (QED) is 0.826. The molecule has 0 radical (unpaired) electrons. The van der Waals surface area contributed by atoms with Gasteiger partial charge in [0, 0.05) is 4.90 Å². The van der Waals surface area contributed by atoms with Crippen molar-refractivity contribution < 1.29 is 4.79 Å². The maximum atomic E-state index is 12.4. The lowest BCUT2D eigenvalue weighted by molar-refractivity contribution is 0.0937. The zero-order valence-corrected chi connectivity index (χ0v) is 13.5. The van der Waals surface area contributed by atoms with Crippen molar-refractivity contribution in [2.24, 2.45) is 0 Å². The Balaban J connectivity index is 2.11. The van der Waals surface area contributed by atoms with E-state index in [0.29, 0.717) is 0 Å². The van der Waals surface area contributed by atoms with Gasteiger partial charge in [-0.25, -0.2) is 0 Å². The molecule has 0 bridgehead atoms. The molecule has 2 nitrogen and oxygen atoms in total. The third-order valence-electron chi connectivity index (χ3n) is 3.59. The number of benzene rings is 2. The molecule has 1 amide bonds. The topological polar surface area (TPSA) is 29.1 Å². The highest BCUT2D eigenvalue weighted by molar-refractivity contribution is 7.98. The number of aryl methyl sites for hydroxylation is 1.